The number of rotatable bonds is 2. The molecule has 2 radical (unpaired) electrons. The maximum atomic E-state index is 10.4. The SMILES string of the molecule is [B]C(C)C(=O)OCC. The molecule has 1 unspecified atom stereocenters. The fraction of sp³-hybridized carbons (Fsp3) is 0.800. The molecule has 1 atom stereocenters. The normalized spacial score (nSPS) is 12.8. The Morgan fingerprint density at radius 2 is 2.38 bits per heavy atom. The fourth-order valence-corrected chi connectivity index (χ4v) is 0.274. The first-order valence-corrected chi connectivity index (χ1v) is 2.60. The van der Waals surface area contributed by atoms with Crippen LogP contribution in [0, 0.1) is 0 Å². The molecule has 0 aliphatic rings. The number of hydrogen-bond acceptors (Lipinski definition) is 2. The van der Waals surface area contributed by atoms with Gasteiger partial charge in [-0.05, 0) is 6.92 Å². The lowest BCUT2D eigenvalue weighted by Crippen LogP contribution is -2.08. The molecule has 0 amide bonds. The first kappa shape index (κ1) is 7.53. The lowest BCUT2D eigenvalue weighted by molar-refractivity contribution is -0.142. The Kier molecular flexibility index (Phi) is 3.32. The van der Waals surface area contributed by atoms with Gasteiger partial charge in [0.1, 0.15) is 0 Å². The molecule has 0 saturated heterocycles. The predicted molar refractivity (Wildman–Crippen MR) is 31.8 cm³/mol. The highest BCUT2D eigenvalue weighted by Crippen LogP contribution is 1.97. The highest BCUT2D eigenvalue weighted by atomic mass is 16.5. The molecule has 2 nitrogen and oxygen atoms in total. The standard InChI is InChI=1S/C5H9BO2/c1-3-8-5(7)4(2)6/h4H,3H2,1-2H3. The Morgan fingerprint density at radius 3 is 2.50 bits per heavy atom. The average Bonchev–Trinajstić information content (AvgIpc) is 1.67. The van der Waals surface area contributed by atoms with Crippen LogP contribution in [0.15, 0.2) is 0 Å². The van der Waals surface area contributed by atoms with E-state index >= 15 is 0 Å². The number of carbonyl (C=O) groups is 1. The number of hydrogen-bond donors (Lipinski definition) is 0. The Morgan fingerprint density at radius 1 is 1.88 bits per heavy atom. The van der Waals surface area contributed by atoms with Crippen LogP contribution in [0.3, 0.4) is 0 Å². The van der Waals surface area contributed by atoms with Gasteiger partial charge in [-0.15, -0.1) is 0 Å². The number of esters is 1. The Hall–Kier alpha value is -0.465. The van der Waals surface area contributed by atoms with E-state index in [-0.39, 0.29) is 5.97 Å². The molecule has 8 heavy (non-hydrogen) atoms. The van der Waals surface area contributed by atoms with Crippen molar-refractivity contribution < 1.29 is 9.53 Å². The van der Waals surface area contributed by atoms with Gasteiger partial charge in [-0.2, -0.15) is 0 Å². The van der Waals surface area contributed by atoms with Gasteiger partial charge < -0.3 is 4.74 Å². The van der Waals surface area contributed by atoms with Gasteiger partial charge in [0.05, 0.1) is 14.5 Å². The van der Waals surface area contributed by atoms with Crippen molar-refractivity contribution in [1.29, 1.82) is 0 Å². The molecule has 0 aromatic heterocycles. The van der Waals surface area contributed by atoms with E-state index in [1.165, 1.54) is 0 Å². The summed E-state index contributed by atoms with van der Waals surface area (Å²) in [7, 11) is 5.15. The van der Waals surface area contributed by atoms with Gasteiger partial charge in [-0.25, -0.2) is 0 Å². The molecular formula is C5H9BO2. The number of ether oxygens (including phenoxy) is 1. The lowest BCUT2D eigenvalue weighted by Gasteiger charge is -2.02. The lowest BCUT2D eigenvalue weighted by atomic mass is 9.90. The summed E-state index contributed by atoms with van der Waals surface area (Å²) in [5, 5.41) is 0. The summed E-state index contributed by atoms with van der Waals surface area (Å²) in [5.74, 6) is -0.831. The van der Waals surface area contributed by atoms with Crippen molar-refractivity contribution in [3.05, 3.63) is 0 Å². The first-order valence-electron chi connectivity index (χ1n) is 2.60. The van der Waals surface area contributed by atoms with Gasteiger partial charge in [0, 0.05) is 5.82 Å². The number of carbonyl (C=O) groups excluding carboxylic acids is 1. The van der Waals surface area contributed by atoms with Crippen LogP contribution in [0.4, 0.5) is 0 Å². The van der Waals surface area contributed by atoms with E-state index in [9.17, 15) is 4.79 Å². The van der Waals surface area contributed by atoms with E-state index in [1.54, 1.807) is 13.8 Å². The summed E-state index contributed by atoms with van der Waals surface area (Å²) in [5.41, 5.74) is 0. The van der Waals surface area contributed by atoms with Gasteiger partial charge >= 0.3 is 0 Å². The average molecular weight is 112 g/mol. The van der Waals surface area contributed by atoms with Crippen molar-refractivity contribution >= 4 is 13.8 Å². The zero-order chi connectivity index (χ0) is 6.57. The summed E-state index contributed by atoms with van der Waals surface area (Å²) >= 11 is 0. The van der Waals surface area contributed by atoms with Crippen LogP contribution in [0.2, 0.25) is 5.82 Å². The molecule has 0 aromatic rings. The molecule has 0 aliphatic heterocycles. The molecule has 0 N–H and O–H groups in total. The van der Waals surface area contributed by atoms with E-state index in [2.05, 4.69) is 4.74 Å². The quantitative estimate of drug-likeness (QED) is 0.384. The molecule has 0 aromatic carbocycles. The molecule has 3 heteroatoms. The molecule has 0 fully saturated rings. The minimum atomic E-state index is -0.491. The molecule has 0 heterocycles. The Bertz CT molecular complexity index is 80.5. The molecule has 0 rings (SSSR count). The van der Waals surface area contributed by atoms with E-state index in [1.807, 2.05) is 0 Å². The van der Waals surface area contributed by atoms with Gasteiger partial charge in [-0.1, -0.05) is 6.92 Å². The van der Waals surface area contributed by atoms with E-state index in [4.69, 9.17) is 7.85 Å². The maximum Gasteiger partial charge on any atom is 0.299 e. The first-order chi connectivity index (χ1) is 3.68. The van der Waals surface area contributed by atoms with Crippen molar-refractivity contribution in [3.63, 3.8) is 0 Å². The summed E-state index contributed by atoms with van der Waals surface area (Å²) in [6, 6.07) is 0. The third-order valence-corrected chi connectivity index (χ3v) is 0.658. The van der Waals surface area contributed by atoms with E-state index in [0.29, 0.717) is 6.61 Å². The van der Waals surface area contributed by atoms with Crippen molar-refractivity contribution in [2.45, 2.75) is 19.7 Å². The van der Waals surface area contributed by atoms with Crippen LogP contribution in [0.1, 0.15) is 13.8 Å². The second-order valence-electron chi connectivity index (χ2n) is 1.54. The van der Waals surface area contributed by atoms with Crippen molar-refractivity contribution in [2.24, 2.45) is 0 Å². The molecule has 44 valence electrons. The zero-order valence-corrected chi connectivity index (χ0v) is 5.18. The third-order valence-electron chi connectivity index (χ3n) is 0.658. The van der Waals surface area contributed by atoms with Crippen molar-refractivity contribution in [3.8, 4) is 0 Å². The van der Waals surface area contributed by atoms with Crippen LogP contribution in [0.25, 0.3) is 0 Å². The van der Waals surface area contributed by atoms with Gasteiger partial charge in [0.2, 0.25) is 0 Å². The molecule has 0 saturated carbocycles. The van der Waals surface area contributed by atoms with Gasteiger partial charge in [0.15, 0.2) is 0 Å². The monoisotopic (exact) mass is 112 g/mol. The third kappa shape index (κ3) is 2.67. The minimum absolute atomic E-state index is 0.340. The summed E-state index contributed by atoms with van der Waals surface area (Å²) in [6.45, 7) is 3.75. The fourth-order valence-electron chi connectivity index (χ4n) is 0.274. The highest BCUT2D eigenvalue weighted by molar-refractivity contribution is 6.22. The predicted octanol–water partition coefficient (Wildman–Crippen LogP) is 0.526. The zero-order valence-electron chi connectivity index (χ0n) is 5.18. The van der Waals surface area contributed by atoms with Crippen molar-refractivity contribution in [2.75, 3.05) is 6.61 Å². The molecule has 0 aliphatic carbocycles. The minimum Gasteiger partial charge on any atom is -0.466 e. The van der Waals surface area contributed by atoms with Crippen molar-refractivity contribution in [1.82, 2.24) is 0 Å². The smallest absolute Gasteiger partial charge is 0.299 e. The second-order valence-corrected chi connectivity index (χ2v) is 1.54. The summed E-state index contributed by atoms with van der Waals surface area (Å²) in [4.78, 5) is 10.4. The second kappa shape index (κ2) is 3.53. The van der Waals surface area contributed by atoms with E-state index < -0.39 is 5.82 Å². The van der Waals surface area contributed by atoms with Crippen LogP contribution in [0.5, 0.6) is 0 Å². The summed E-state index contributed by atoms with van der Waals surface area (Å²) in [6.07, 6.45) is 0. The van der Waals surface area contributed by atoms with Crippen LogP contribution < -0.4 is 0 Å². The molecule has 0 bridgehead atoms. The molecular weight excluding hydrogens is 103 g/mol. The van der Waals surface area contributed by atoms with Crippen LogP contribution in [-0.4, -0.2) is 20.4 Å². The van der Waals surface area contributed by atoms with Gasteiger partial charge in [0.25, 0.3) is 5.97 Å². The summed E-state index contributed by atoms with van der Waals surface area (Å²) < 4.78 is 4.54. The van der Waals surface area contributed by atoms with Gasteiger partial charge in [-0.3, -0.25) is 4.79 Å². The van der Waals surface area contributed by atoms with Crippen LogP contribution in [-0.2, 0) is 9.53 Å². The molecule has 0 spiro atoms. The largest absolute Gasteiger partial charge is 0.466 e. The van der Waals surface area contributed by atoms with Crippen LogP contribution >= 0.6 is 0 Å². The Labute approximate surface area is 50.6 Å². The topological polar surface area (TPSA) is 26.3 Å². The van der Waals surface area contributed by atoms with E-state index in [0.717, 1.165) is 0 Å². The highest BCUT2D eigenvalue weighted by Gasteiger charge is 2.04. The Balaban J connectivity index is 3.33. The maximum absolute atomic E-state index is 10.4.